The molecule has 28 heavy (non-hydrogen) atoms. The first-order valence-corrected chi connectivity index (χ1v) is 10.5. The number of ether oxygens (including phenoxy) is 2. The van der Waals surface area contributed by atoms with Crippen molar-refractivity contribution in [2.75, 3.05) is 19.6 Å². The molecular formula is C19H24IN3O4S. The van der Waals surface area contributed by atoms with Crippen molar-refractivity contribution in [3.8, 4) is 11.5 Å². The van der Waals surface area contributed by atoms with Crippen LogP contribution in [0.3, 0.4) is 0 Å². The Morgan fingerprint density at radius 1 is 1.04 bits per heavy atom. The fraction of sp³-hybridized carbons (Fsp3) is 0.316. The van der Waals surface area contributed by atoms with Gasteiger partial charge in [0.1, 0.15) is 0 Å². The van der Waals surface area contributed by atoms with Crippen LogP contribution in [-0.2, 0) is 22.9 Å². The van der Waals surface area contributed by atoms with Gasteiger partial charge in [-0.1, -0.05) is 18.2 Å². The summed E-state index contributed by atoms with van der Waals surface area (Å²) in [5, 5.41) is 6.45. The van der Waals surface area contributed by atoms with Crippen molar-refractivity contribution >= 4 is 39.8 Å². The van der Waals surface area contributed by atoms with Gasteiger partial charge in [-0.3, -0.25) is 0 Å². The molecular weight excluding hydrogens is 493 g/mol. The molecule has 0 aromatic heterocycles. The van der Waals surface area contributed by atoms with Gasteiger partial charge in [-0.05, 0) is 42.3 Å². The van der Waals surface area contributed by atoms with Crippen LogP contribution in [0.4, 0.5) is 0 Å². The Hall–Kier alpha value is -2.01. The summed E-state index contributed by atoms with van der Waals surface area (Å²) in [6, 6.07) is 12.6. The maximum atomic E-state index is 11.5. The second-order valence-electron chi connectivity index (χ2n) is 6.15. The number of hydrogen-bond acceptors (Lipinski definition) is 5. The van der Waals surface area contributed by atoms with Crippen molar-refractivity contribution in [3.05, 3.63) is 53.6 Å². The Morgan fingerprint density at radius 2 is 1.71 bits per heavy atom. The van der Waals surface area contributed by atoms with Crippen molar-refractivity contribution < 1.29 is 17.9 Å². The highest BCUT2D eigenvalue weighted by atomic mass is 127. The number of fused-ring (bicyclic) bond motifs is 1. The van der Waals surface area contributed by atoms with Crippen LogP contribution in [0.1, 0.15) is 18.1 Å². The molecule has 0 fully saturated rings. The van der Waals surface area contributed by atoms with Crippen LogP contribution in [-0.4, -0.2) is 34.0 Å². The Balaban J connectivity index is 0.00000280. The monoisotopic (exact) mass is 517 g/mol. The van der Waals surface area contributed by atoms with E-state index in [0.717, 1.165) is 29.2 Å². The summed E-state index contributed by atoms with van der Waals surface area (Å²) >= 11 is 0. The van der Waals surface area contributed by atoms with Gasteiger partial charge in [0.15, 0.2) is 27.3 Å². The molecule has 152 valence electrons. The topological polar surface area (TPSA) is 89.0 Å². The predicted octanol–water partition coefficient (Wildman–Crippen LogP) is 2.69. The first-order valence-electron chi connectivity index (χ1n) is 8.65. The zero-order chi connectivity index (χ0) is 19.3. The van der Waals surface area contributed by atoms with Crippen LogP contribution in [0.15, 0.2) is 52.4 Å². The van der Waals surface area contributed by atoms with Gasteiger partial charge in [0.05, 0.1) is 11.4 Å². The Morgan fingerprint density at radius 3 is 2.39 bits per heavy atom. The summed E-state index contributed by atoms with van der Waals surface area (Å²) in [5.74, 6) is 2.18. The highest BCUT2D eigenvalue weighted by Gasteiger charge is 2.13. The van der Waals surface area contributed by atoms with Crippen molar-refractivity contribution in [1.29, 1.82) is 0 Å². The first kappa shape index (κ1) is 22.3. The molecule has 0 aliphatic carbocycles. The summed E-state index contributed by atoms with van der Waals surface area (Å²) in [7, 11) is -3.18. The van der Waals surface area contributed by atoms with E-state index in [9.17, 15) is 8.42 Å². The molecule has 2 aromatic rings. The predicted molar refractivity (Wildman–Crippen MR) is 119 cm³/mol. The second kappa shape index (κ2) is 9.97. The second-order valence-corrected chi connectivity index (χ2v) is 8.17. The molecule has 0 saturated carbocycles. The molecule has 1 aliphatic rings. The minimum absolute atomic E-state index is 0. The van der Waals surface area contributed by atoms with Gasteiger partial charge >= 0.3 is 0 Å². The van der Waals surface area contributed by atoms with Crippen LogP contribution in [0, 0.1) is 0 Å². The Labute approximate surface area is 182 Å². The molecule has 1 aliphatic heterocycles. The van der Waals surface area contributed by atoms with Gasteiger partial charge in [-0.25, -0.2) is 13.4 Å². The van der Waals surface area contributed by atoms with E-state index in [2.05, 4.69) is 15.6 Å². The van der Waals surface area contributed by atoms with E-state index in [1.807, 2.05) is 25.1 Å². The lowest BCUT2D eigenvalue weighted by atomic mass is 10.2. The third-order valence-corrected chi connectivity index (χ3v) is 5.14. The highest BCUT2D eigenvalue weighted by molar-refractivity contribution is 14.0. The molecule has 0 bridgehead atoms. The lowest BCUT2D eigenvalue weighted by molar-refractivity contribution is 0.174. The summed E-state index contributed by atoms with van der Waals surface area (Å²) in [6.07, 6.45) is 1.20. The lowest BCUT2D eigenvalue weighted by Crippen LogP contribution is -2.36. The molecule has 2 N–H and O–H groups in total. The van der Waals surface area contributed by atoms with E-state index in [1.165, 1.54) is 6.26 Å². The van der Waals surface area contributed by atoms with Crippen LogP contribution >= 0.6 is 24.0 Å². The molecule has 0 atom stereocenters. The average Bonchev–Trinajstić information content (AvgIpc) is 3.11. The molecule has 0 unspecified atom stereocenters. The van der Waals surface area contributed by atoms with Crippen LogP contribution in [0.5, 0.6) is 11.5 Å². The minimum Gasteiger partial charge on any atom is -0.454 e. The van der Waals surface area contributed by atoms with E-state index in [1.54, 1.807) is 24.3 Å². The number of rotatable bonds is 6. The fourth-order valence-corrected chi connectivity index (χ4v) is 3.22. The SMILES string of the molecule is CCNC(=NCc1ccc2c(c1)OCO2)NCc1ccc(S(C)(=O)=O)cc1.I. The normalized spacial score (nSPS) is 13.0. The average molecular weight is 517 g/mol. The van der Waals surface area contributed by atoms with Crippen molar-refractivity contribution in [1.82, 2.24) is 10.6 Å². The summed E-state index contributed by atoms with van der Waals surface area (Å²) < 4.78 is 33.8. The zero-order valence-electron chi connectivity index (χ0n) is 15.8. The molecule has 1 heterocycles. The Bertz CT molecular complexity index is 931. The molecule has 0 amide bonds. The fourth-order valence-electron chi connectivity index (χ4n) is 2.59. The lowest BCUT2D eigenvalue weighted by Gasteiger charge is -2.12. The highest BCUT2D eigenvalue weighted by Crippen LogP contribution is 2.32. The van der Waals surface area contributed by atoms with Crippen molar-refractivity contribution in [2.45, 2.75) is 24.9 Å². The maximum Gasteiger partial charge on any atom is 0.231 e. The number of nitrogens with zero attached hydrogens (tertiary/aromatic N) is 1. The number of guanidine groups is 1. The van der Waals surface area contributed by atoms with E-state index in [-0.39, 0.29) is 30.8 Å². The number of halogens is 1. The van der Waals surface area contributed by atoms with Crippen LogP contribution < -0.4 is 20.1 Å². The number of nitrogens with one attached hydrogen (secondary N) is 2. The van der Waals surface area contributed by atoms with E-state index in [4.69, 9.17) is 9.47 Å². The Kier molecular flexibility index (Phi) is 7.93. The molecule has 0 spiro atoms. The van der Waals surface area contributed by atoms with E-state index in [0.29, 0.717) is 23.9 Å². The van der Waals surface area contributed by atoms with Crippen molar-refractivity contribution in [2.24, 2.45) is 4.99 Å². The zero-order valence-corrected chi connectivity index (χ0v) is 18.9. The molecule has 3 rings (SSSR count). The molecule has 7 nitrogen and oxygen atoms in total. The summed E-state index contributed by atoms with van der Waals surface area (Å²) in [5.41, 5.74) is 1.99. The van der Waals surface area contributed by atoms with Crippen molar-refractivity contribution in [3.63, 3.8) is 0 Å². The quantitative estimate of drug-likeness (QED) is 0.348. The van der Waals surface area contributed by atoms with Crippen LogP contribution in [0.2, 0.25) is 0 Å². The minimum atomic E-state index is -3.18. The van der Waals surface area contributed by atoms with Gasteiger partial charge in [-0.15, -0.1) is 24.0 Å². The number of aliphatic imine (C=N–C) groups is 1. The standard InChI is InChI=1S/C19H23N3O4S.HI/c1-3-20-19(21-11-14-4-7-16(8-5-14)27(2,23)24)22-12-15-6-9-17-18(10-15)26-13-25-17;/h4-10H,3,11-13H2,1-2H3,(H2,20,21,22);1H. The largest absolute Gasteiger partial charge is 0.454 e. The van der Waals surface area contributed by atoms with E-state index < -0.39 is 9.84 Å². The molecule has 0 saturated heterocycles. The van der Waals surface area contributed by atoms with Gasteiger partial charge < -0.3 is 20.1 Å². The summed E-state index contributed by atoms with van der Waals surface area (Å²) in [6.45, 7) is 4.03. The first-order chi connectivity index (χ1) is 13.0. The smallest absolute Gasteiger partial charge is 0.231 e. The van der Waals surface area contributed by atoms with Gasteiger partial charge in [-0.2, -0.15) is 0 Å². The molecule has 0 radical (unpaired) electrons. The third kappa shape index (κ3) is 5.99. The molecule has 2 aromatic carbocycles. The third-order valence-electron chi connectivity index (χ3n) is 4.01. The molecule has 9 heteroatoms. The number of benzene rings is 2. The maximum absolute atomic E-state index is 11.5. The van der Waals surface area contributed by atoms with Gasteiger partial charge in [0, 0.05) is 19.3 Å². The number of hydrogen-bond donors (Lipinski definition) is 2. The number of sulfone groups is 1. The van der Waals surface area contributed by atoms with E-state index >= 15 is 0 Å². The van der Waals surface area contributed by atoms with Gasteiger partial charge in [0.25, 0.3) is 0 Å². The van der Waals surface area contributed by atoms with Crippen LogP contribution in [0.25, 0.3) is 0 Å². The van der Waals surface area contributed by atoms with Gasteiger partial charge in [0.2, 0.25) is 6.79 Å². The summed E-state index contributed by atoms with van der Waals surface area (Å²) in [4.78, 5) is 4.90.